The largest absolute Gasteiger partial charge is 0.340 e. The Morgan fingerprint density at radius 3 is 2.64 bits per heavy atom. The third-order valence-electron chi connectivity index (χ3n) is 5.23. The summed E-state index contributed by atoms with van der Waals surface area (Å²) in [6.07, 6.45) is 4.44. The normalized spacial score (nSPS) is 23.5. The number of halogens is 1. The highest BCUT2D eigenvalue weighted by molar-refractivity contribution is 5.83. The number of pyridine rings is 1. The Bertz CT molecular complexity index is 744. The number of aromatic nitrogens is 1. The number of hydrogen-bond donors (Lipinski definition) is 0. The van der Waals surface area contributed by atoms with E-state index in [9.17, 15) is 9.18 Å². The number of carbonyl (C=O) groups excluding carboxylic acids is 1. The molecule has 1 saturated carbocycles. The molecule has 1 aromatic carbocycles. The third-order valence-corrected chi connectivity index (χ3v) is 5.23. The van der Waals surface area contributed by atoms with Gasteiger partial charge in [-0.05, 0) is 35.6 Å². The molecule has 4 nitrogen and oxygen atoms in total. The van der Waals surface area contributed by atoms with Gasteiger partial charge in [0.1, 0.15) is 5.82 Å². The molecular formula is C20H22FN3O. The molecule has 2 fully saturated rings. The van der Waals surface area contributed by atoms with Crippen molar-refractivity contribution in [1.29, 1.82) is 0 Å². The van der Waals surface area contributed by atoms with Crippen LogP contribution in [0.25, 0.3) is 0 Å². The van der Waals surface area contributed by atoms with Gasteiger partial charge in [-0.3, -0.25) is 14.7 Å². The van der Waals surface area contributed by atoms with E-state index >= 15 is 0 Å². The zero-order valence-corrected chi connectivity index (χ0v) is 14.1. The van der Waals surface area contributed by atoms with Crippen LogP contribution in [0.15, 0.2) is 48.8 Å². The molecule has 1 aromatic heterocycles. The lowest BCUT2D eigenvalue weighted by Crippen LogP contribution is -2.48. The average molecular weight is 339 g/mol. The van der Waals surface area contributed by atoms with E-state index in [4.69, 9.17) is 0 Å². The average Bonchev–Trinajstić information content (AvgIpc) is 3.44. The van der Waals surface area contributed by atoms with E-state index in [1.54, 1.807) is 18.3 Å². The SMILES string of the molecule is O=C(C1CC1c1ccccc1F)N1CCN(Cc2cccnc2)CC1. The first kappa shape index (κ1) is 16.2. The zero-order valence-electron chi connectivity index (χ0n) is 14.1. The standard InChI is InChI=1S/C20H22FN3O/c21-19-6-2-1-5-16(19)17-12-18(17)20(25)24-10-8-23(9-11-24)14-15-4-3-7-22-13-15/h1-7,13,17-18H,8-12,14H2. The highest BCUT2D eigenvalue weighted by Crippen LogP contribution is 2.49. The molecule has 0 bridgehead atoms. The molecule has 5 heteroatoms. The lowest BCUT2D eigenvalue weighted by molar-refractivity contribution is -0.134. The number of benzene rings is 1. The fraction of sp³-hybridized carbons (Fsp3) is 0.400. The molecule has 0 spiro atoms. The summed E-state index contributed by atoms with van der Waals surface area (Å²) in [5.74, 6) is 0.0160. The number of piperazine rings is 1. The van der Waals surface area contributed by atoms with Crippen LogP contribution >= 0.6 is 0 Å². The maximum atomic E-state index is 13.9. The molecule has 2 unspecified atom stereocenters. The zero-order chi connectivity index (χ0) is 17.2. The Hall–Kier alpha value is -2.27. The van der Waals surface area contributed by atoms with E-state index in [-0.39, 0.29) is 23.6 Å². The second-order valence-electron chi connectivity index (χ2n) is 6.93. The van der Waals surface area contributed by atoms with Gasteiger partial charge in [-0.2, -0.15) is 0 Å². The third kappa shape index (κ3) is 3.56. The smallest absolute Gasteiger partial charge is 0.226 e. The quantitative estimate of drug-likeness (QED) is 0.859. The predicted octanol–water partition coefficient (Wildman–Crippen LogP) is 2.67. The Kier molecular flexibility index (Phi) is 4.49. The fourth-order valence-electron chi connectivity index (χ4n) is 3.70. The molecule has 0 N–H and O–H groups in total. The first-order valence-electron chi connectivity index (χ1n) is 8.87. The van der Waals surface area contributed by atoms with Crippen molar-refractivity contribution in [3.05, 3.63) is 65.7 Å². The number of amides is 1. The maximum Gasteiger partial charge on any atom is 0.226 e. The van der Waals surface area contributed by atoms with Gasteiger partial charge in [0.05, 0.1) is 0 Å². The van der Waals surface area contributed by atoms with Gasteiger partial charge in [0, 0.05) is 51.0 Å². The molecule has 2 aliphatic rings. The number of carbonyl (C=O) groups is 1. The summed E-state index contributed by atoms with van der Waals surface area (Å²) in [7, 11) is 0. The van der Waals surface area contributed by atoms with Crippen molar-refractivity contribution in [3.63, 3.8) is 0 Å². The minimum absolute atomic E-state index is 0.0400. The fourth-order valence-corrected chi connectivity index (χ4v) is 3.70. The van der Waals surface area contributed by atoms with Crippen LogP contribution in [0.4, 0.5) is 4.39 Å². The van der Waals surface area contributed by atoms with Crippen LogP contribution in [0.5, 0.6) is 0 Å². The minimum atomic E-state index is -0.191. The first-order valence-corrected chi connectivity index (χ1v) is 8.87. The lowest BCUT2D eigenvalue weighted by atomic mass is 10.1. The van der Waals surface area contributed by atoms with Crippen molar-refractivity contribution in [2.45, 2.75) is 18.9 Å². The van der Waals surface area contributed by atoms with Crippen molar-refractivity contribution in [3.8, 4) is 0 Å². The molecule has 4 rings (SSSR count). The summed E-state index contributed by atoms with van der Waals surface area (Å²) in [5, 5.41) is 0. The van der Waals surface area contributed by atoms with Gasteiger partial charge in [-0.15, -0.1) is 0 Å². The van der Waals surface area contributed by atoms with Gasteiger partial charge >= 0.3 is 0 Å². The second kappa shape index (κ2) is 6.92. The van der Waals surface area contributed by atoms with Crippen LogP contribution in [-0.4, -0.2) is 46.9 Å². The molecule has 130 valence electrons. The first-order chi connectivity index (χ1) is 12.2. The summed E-state index contributed by atoms with van der Waals surface area (Å²) in [5.41, 5.74) is 1.89. The second-order valence-corrected chi connectivity index (χ2v) is 6.93. The number of rotatable bonds is 4. The van der Waals surface area contributed by atoms with E-state index in [0.29, 0.717) is 5.56 Å². The van der Waals surface area contributed by atoms with Crippen LogP contribution in [0, 0.1) is 11.7 Å². The molecule has 2 aromatic rings. The van der Waals surface area contributed by atoms with Crippen molar-refractivity contribution in [2.75, 3.05) is 26.2 Å². The monoisotopic (exact) mass is 339 g/mol. The van der Waals surface area contributed by atoms with Crippen molar-refractivity contribution < 1.29 is 9.18 Å². The Labute approximate surface area is 147 Å². The van der Waals surface area contributed by atoms with Crippen LogP contribution < -0.4 is 0 Å². The van der Waals surface area contributed by atoms with E-state index in [2.05, 4.69) is 16.0 Å². The Morgan fingerprint density at radius 1 is 1.12 bits per heavy atom. The van der Waals surface area contributed by atoms with Gasteiger partial charge in [0.2, 0.25) is 5.91 Å². The minimum Gasteiger partial charge on any atom is -0.340 e. The molecule has 1 aliphatic carbocycles. The molecule has 1 saturated heterocycles. The van der Waals surface area contributed by atoms with Crippen molar-refractivity contribution >= 4 is 5.91 Å². The van der Waals surface area contributed by atoms with Crippen LogP contribution in [0.2, 0.25) is 0 Å². The van der Waals surface area contributed by atoms with Crippen LogP contribution in [0.3, 0.4) is 0 Å². The molecule has 1 amide bonds. The van der Waals surface area contributed by atoms with Gasteiger partial charge < -0.3 is 4.90 Å². The maximum absolute atomic E-state index is 13.9. The van der Waals surface area contributed by atoms with Gasteiger partial charge in [0.25, 0.3) is 0 Å². The molecule has 2 heterocycles. The van der Waals surface area contributed by atoms with Gasteiger partial charge in [0.15, 0.2) is 0 Å². The van der Waals surface area contributed by atoms with Crippen molar-refractivity contribution in [1.82, 2.24) is 14.8 Å². The lowest BCUT2D eigenvalue weighted by Gasteiger charge is -2.35. The van der Waals surface area contributed by atoms with E-state index in [1.165, 1.54) is 11.6 Å². The number of nitrogens with zero attached hydrogens (tertiary/aromatic N) is 3. The van der Waals surface area contributed by atoms with Gasteiger partial charge in [-0.25, -0.2) is 4.39 Å². The van der Waals surface area contributed by atoms with Gasteiger partial charge in [-0.1, -0.05) is 24.3 Å². The molecular weight excluding hydrogens is 317 g/mol. The highest BCUT2D eigenvalue weighted by atomic mass is 19.1. The summed E-state index contributed by atoms with van der Waals surface area (Å²) in [6.45, 7) is 4.12. The summed E-state index contributed by atoms with van der Waals surface area (Å²) < 4.78 is 13.9. The van der Waals surface area contributed by atoms with E-state index in [0.717, 1.165) is 39.1 Å². The predicted molar refractivity (Wildman–Crippen MR) is 93.3 cm³/mol. The van der Waals surface area contributed by atoms with Crippen molar-refractivity contribution in [2.24, 2.45) is 5.92 Å². The summed E-state index contributed by atoms with van der Waals surface area (Å²) >= 11 is 0. The molecule has 25 heavy (non-hydrogen) atoms. The topological polar surface area (TPSA) is 36.4 Å². The highest BCUT2D eigenvalue weighted by Gasteiger charge is 2.47. The molecule has 0 radical (unpaired) electrons. The summed E-state index contributed by atoms with van der Waals surface area (Å²) in [6, 6.07) is 10.8. The Morgan fingerprint density at radius 2 is 1.92 bits per heavy atom. The Balaban J connectivity index is 1.30. The molecule has 1 aliphatic heterocycles. The van der Waals surface area contributed by atoms with E-state index < -0.39 is 0 Å². The summed E-state index contributed by atoms with van der Waals surface area (Å²) in [4.78, 5) is 21.1. The number of hydrogen-bond acceptors (Lipinski definition) is 3. The van der Waals surface area contributed by atoms with Crippen LogP contribution in [0.1, 0.15) is 23.5 Å². The van der Waals surface area contributed by atoms with E-state index in [1.807, 2.05) is 23.2 Å². The van der Waals surface area contributed by atoms with Crippen LogP contribution in [-0.2, 0) is 11.3 Å². The molecule has 2 atom stereocenters.